The second-order valence-corrected chi connectivity index (χ2v) is 10.6. The standard InChI is InChI=1S/C20H25BrN2O5S/c1-2-28-20(25)15-4-3-8-22(12-15)29(26,27)18-11-17-14(10-16(18)21)7-9-23(17)19(24)13-5-6-13/h10-11,13,15H,2-9,12H2,1H3/t15-/m0/s1. The van der Waals surface area contributed by atoms with Crippen LogP contribution in [0.15, 0.2) is 21.5 Å². The molecule has 0 spiro atoms. The molecule has 158 valence electrons. The maximum Gasteiger partial charge on any atom is 0.310 e. The van der Waals surface area contributed by atoms with Gasteiger partial charge in [0.15, 0.2) is 0 Å². The molecule has 2 heterocycles. The van der Waals surface area contributed by atoms with Crippen LogP contribution in [0.2, 0.25) is 0 Å². The van der Waals surface area contributed by atoms with E-state index in [1.165, 1.54) is 4.31 Å². The molecule has 1 aromatic carbocycles. The maximum absolute atomic E-state index is 13.4. The molecule has 2 aliphatic heterocycles. The average Bonchev–Trinajstić information content (AvgIpc) is 3.47. The van der Waals surface area contributed by atoms with E-state index in [1.807, 2.05) is 6.07 Å². The van der Waals surface area contributed by atoms with Crippen LogP contribution in [0.1, 0.15) is 38.2 Å². The molecule has 1 amide bonds. The Morgan fingerprint density at radius 1 is 1.17 bits per heavy atom. The van der Waals surface area contributed by atoms with Crippen LogP contribution in [0.4, 0.5) is 5.69 Å². The van der Waals surface area contributed by atoms with Gasteiger partial charge in [0.05, 0.1) is 17.4 Å². The lowest BCUT2D eigenvalue weighted by molar-refractivity contribution is -0.149. The Hall–Kier alpha value is -1.45. The summed E-state index contributed by atoms with van der Waals surface area (Å²) in [6, 6.07) is 3.44. The van der Waals surface area contributed by atoms with E-state index >= 15 is 0 Å². The molecule has 1 saturated carbocycles. The Labute approximate surface area is 179 Å². The van der Waals surface area contributed by atoms with Crippen molar-refractivity contribution in [2.45, 2.75) is 43.9 Å². The minimum Gasteiger partial charge on any atom is -0.466 e. The number of esters is 1. The van der Waals surface area contributed by atoms with Crippen molar-refractivity contribution in [3.8, 4) is 0 Å². The zero-order valence-corrected chi connectivity index (χ0v) is 18.8. The van der Waals surface area contributed by atoms with E-state index in [9.17, 15) is 18.0 Å². The molecule has 3 aliphatic rings. The summed E-state index contributed by atoms with van der Waals surface area (Å²) in [6.07, 6.45) is 3.78. The van der Waals surface area contributed by atoms with Gasteiger partial charge >= 0.3 is 5.97 Å². The molecule has 1 aliphatic carbocycles. The number of piperidine rings is 1. The van der Waals surface area contributed by atoms with Crippen LogP contribution in [0.25, 0.3) is 0 Å². The Morgan fingerprint density at radius 3 is 2.62 bits per heavy atom. The monoisotopic (exact) mass is 484 g/mol. The maximum atomic E-state index is 13.4. The van der Waals surface area contributed by atoms with Crippen LogP contribution < -0.4 is 4.90 Å². The number of sulfonamides is 1. The van der Waals surface area contributed by atoms with Crippen LogP contribution in [-0.4, -0.2) is 50.8 Å². The molecule has 2 fully saturated rings. The van der Waals surface area contributed by atoms with E-state index < -0.39 is 15.9 Å². The van der Waals surface area contributed by atoms with Gasteiger partial charge in [0.1, 0.15) is 0 Å². The highest BCUT2D eigenvalue weighted by Gasteiger charge is 2.39. The molecule has 0 unspecified atom stereocenters. The van der Waals surface area contributed by atoms with Crippen LogP contribution in [-0.2, 0) is 30.8 Å². The first-order chi connectivity index (χ1) is 13.8. The second kappa shape index (κ2) is 8.00. The fourth-order valence-corrected chi connectivity index (χ4v) is 6.71. The Morgan fingerprint density at radius 2 is 1.93 bits per heavy atom. The van der Waals surface area contributed by atoms with Crippen molar-refractivity contribution in [3.05, 3.63) is 22.2 Å². The number of halogens is 1. The van der Waals surface area contributed by atoms with Crippen molar-refractivity contribution in [2.75, 3.05) is 31.1 Å². The zero-order chi connectivity index (χ0) is 20.8. The Balaban J connectivity index is 1.62. The Kier molecular flexibility index (Phi) is 5.74. The molecule has 0 aromatic heterocycles. The number of ether oxygens (including phenoxy) is 1. The minimum atomic E-state index is -3.81. The van der Waals surface area contributed by atoms with Crippen molar-refractivity contribution in [2.24, 2.45) is 11.8 Å². The second-order valence-electron chi connectivity index (χ2n) is 7.88. The van der Waals surface area contributed by atoms with Gasteiger partial charge in [0.2, 0.25) is 15.9 Å². The highest BCUT2D eigenvalue weighted by atomic mass is 79.9. The third-order valence-corrected chi connectivity index (χ3v) is 8.67. The first-order valence-corrected chi connectivity index (χ1v) is 12.4. The predicted molar refractivity (Wildman–Crippen MR) is 111 cm³/mol. The quantitative estimate of drug-likeness (QED) is 0.599. The average molecular weight is 485 g/mol. The van der Waals surface area contributed by atoms with Crippen LogP contribution in [0.3, 0.4) is 0 Å². The summed E-state index contributed by atoms with van der Waals surface area (Å²) in [5.41, 5.74) is 1.68. The fraction of sp³-hybridized carbons (Fsp3) is 0.600. The molecular weight excluding hydrogens is 460 g/mol. The van der Waals surface area contributed by atoms with E-state index in [-0.39, 0.29) is 35.8 Å². The molecule has 0 bridgehead atoms. The van der Waals surface area contributed by atoms with E-state index in [0.717, 1.165) is 24.8 Å². The lowest BCUT2D eigenvalue weighted by Gasteiger charge is -2.31. The highest BCUT2D eigenvalue weighted by Crippen LogP contribution is 2.40. The number of rotatable bonds is 5. The van der Waals surface area contributed by atoms with Gasteiger partial charge in [-0.3, -0.25) is 9.59 Å². The first-order valence-electron chi connectivity index (χ1n) is 10.1. The summed E-state index contributed by atoms with van der Waals surface area (Å²) in [4.78, 5) is 26.6. The van der Waals surface area contributed by atoms with Crippen molar-refractivity contribution < 1.29 is 22.7 Å². The number of hydrogen-bond acceptors (Lipinski definition) is 5. The largest absolute Gasteiger partial charge is 0.466 e. The fourth-order valence-electron chi connectivity index (χ4n) is 4.12. The topological polar surface area (TPSA) is 84.0 Å². The molecule has 4 rings (SSSR count). The van der Waals surface area contributed by atoms with Gasteiger partial charge < -0.3 is 9.64 Å². The molecule has 1 aromatic rings. The van der Waals surface area contributed by atoms with Crippen LogP contribution in [0.5, 0.6) is 0 Å². The van der Waals surface area contributed by atoms with E-state index in [2.05, 4.69) is 15.9 Å². The summed E-state index contributed by atoms with van der Waals surface area (Å²) in [5, 5.41) is 0. The number of fused-ring (bicyclic) bond motifs is 1. The lowest BCUT2D eigenvalue weighted by atomic mass is 10.0. The van der Waals surface area contributed by atoms with Gasteiger partial charge in [-0.1, -0.05) is 0 Å². The van der Waals surface area contributed by atoms with E-state index in [1.54, 1.807) is 17.9 Å². The summed E-state index contributed by atoms with van der Waals surface area (Å²) in [5.74, 6) is -0.618. The van der Waals surface area contributed by atoms with Gasteiger partial charge in [-0.25, -0.2) is 8.42 Å². The number of carbonyl (C=O) groups is 2. The summed E-state index contributed by atoms with van der Waals surface area (Å²) >= 11 is 3.42. The normalized spacial score (nSPS) is 22.4. The number of hydrogen-bond donors (Lipinski definition) is 0. The zero-order valence-electron chi connectivity index (χ0n) is 16.4. The first kappa shape index (κ1) is 20.8. The molecule has 9 heteroatoms. The van der Waals surface area contributed by atoms with Gasteiger partial charge in [-0.05, 0) is 72.7 Å². The number of amides is 1. The Bertz CT molecular complexity index is 944. The van der Waals surface area contributed by atoms with Crippen LogP contribution in [0, 0.1) is 11.8 Å². The van der Waals surface area contributed by atoms with Gasteiger partial charge in [0, 0.05) is 35.7 Å². The third-order valence-electron chi connectivity index (χ3n) is 5.84. The highest BCUT2D eigenvalue weighted by molar-refractivity contribution is 9.10. The molecule has 29 heavy (non-hydrogen) atoms. The summed E-state index contributed by atoms with van der Waals surface area (Å²) in [6.45, 7) is 3.10. The molecule has 0 N–H and O–H groups in total. The summed E-state index contributed by atoms with van der Waals surface area (Å²) in [7, 11) is -3.81. The summed E-state index contributed by atoms with van der Waals surface area (Å²) < 4.78 is 33.7. The van der Waals surface area contributed by atoms with Gasteiger partial charge in [-0.2, -0.15) is 4.31 Å². The van der Waals surface area contributed by atoms with Crippen molar-refractivity contribution >= 4 is 43.5 Å². The van der Waals surface area contributed by atoms with E-state index in [0.29, 0.717) is 36.1 Å². The number of nitrogens with zero attached hydrogens (tertiary/aromatic N) is 2. The number of anilines is 1. The third kappa shape index (κ3) is 3.96. The van der Waals surface area contributed by atoms with Crippen molar-refractivity contribution in [3.63, 3.8) is 0 Å². The number of carbonyl (C=O) groups excluding carboxylic acids is 2. The SMILES string of the molecule is CCOC(=O)[C@H]1CCCN(S(=O)(=O)c2cc3c(cc2Br)CCN3C(=O)C2CC2)C1. The molecule has 0 radical (unpaired) electrons. The van der Waals surface area contributed by atoms with Crippen LogP contribution >= 0.6 is 15.9 Å². The van der Waals surface area contributed by atoms with Gasteiger partial charge in [0.25, 0.3) is 0 Å². The predicted octanol–water partition coefficient (Wildman–Crippen LogP) is 2.71. The number of benzene rings is 1. The molecule has 1 atom stereocenters. The van der Waals surface area contributed by atoms with Crippen molar-refractivity contribution in [1.29, 1.82) is 0 Å². The lowest BCUT2D eigenvalue weighted by Crippen LogP contribution is -2.42. The van der Waals surface area contributed by atoms with E-state index in [4.69, 9.17) is 4.74 Å². The molecule has 1 saturated heterocycles. The molecule has 7 nitrogen and oxygen atoms in total. The minimum absolute atomic E-state index is 0.0806. The van der Waals surface area contributed by atoms with Gasteiger partial charge in [-0.15, -0.1) is 0 Å². The smallest absolute Gasteiger partial charge is 0.310 e. The molecular formula is C20H25BrN2O5S. The van der Waals surface area contributed by atoms with Crippen molar-refractivity contribution in [1.82, 2.24) is 4.31 Å².